The van der Waals surface area contributed by atoms with Crippen LogP contribution < -0.4 is 0 Å². The fourth-order valence-electron chi connectivity index (χ4n) is 0.612. The molecule has 0 saturated heterocycles. The highest BCUT2D eigenvalue weighted by atomic mass is 19.4. The summed E-state index contributed by atoms with van der Waals surface area (Å²) in [4.78, 5) is 0. The van der Waals surface area contributed by atoms with Crippen LogP contribution in [-0.4, -0.2) is 29.2 Å². The van der Waals surface area contributed by atoms with Crippen LogP contribution in [0.25, 0.3) is 0 Å². The Labute approximate surface area is 68.2 Å². The number of alkyl halides is 7. The van der Waals surface area contributed by atoms with E-state index in [1.807, 2.05) is 0 Å². The third-order valence-electron chi connectivity index (χ3n) is 1.44. The molecule has 0 aliphatic heterocycles. The van der Waals surface area contributed by atoms with E-state index in [0.29, 0.717) is 0 Å². The first kappa shape index (κ1) is 12.5. The highest BCUT2D eigenvalue weighted by Gasteiger charge is 2.73. The molecule has 8 heteroatoms. The molecule has 0 saturated carbocycles. The number of halogens is 7. The molecule has 0 aromatic heterocycles. The average Bonchev–Trinajstić information content (AvgIpc) is 1.80. The maximum atomic E-state index is 12.1. The topological polar surface area (TPSA) is 20.2 Å². The van der Waals surface area contributed by atoms with Crippen molar-refractivity contribution in [3.63, 3.8) is 0 Å². The third kappa shape index (κ3) is 1.87. The summed E-state index contributed by atoms with van der Waals surface area (Å²) >= 11 is 0. The van der Waals surface area contributed by atoms with Crippen LogP contribution in [0.1, 0.15) is 6.92 Å². The molecule has 0 aromatic rings. The molecular weight excluding hydrogens is 209 g/mol. The van der Waals surface area contributed by atoms with Crippen LogP contribution >= 0.6 is 0 Å². The largest absolute Gasteiger partial charge is 0.429 e. The Morgan fingerprint density at radius 3 is 1.15 bits per heavy atom. The molecule has 0 bridgehead atoms. The average molecular weight is 214 g/mol. The van der Waals surface area contributed by atoms with Gasteiger partial charge in [-0.05, 0) is 6.92 Å². The lowest BCUT2D eigenvalue weighted by Crippen LogP contribution is -2.62. The van der Waals surface area contributed by atoms with Crippen molar-refractivity contribution in [1.29, 1.82) is 0 Å². The fourth-order valence-corrected chi connectivity index (χ4v) is 0.612. The molecule has 1 nitrogen and oxygen atoms in total. The quantitative estimate of drug-likeness (QED) is 0.663. The number of rotatable bonds is 1. The van der Waals surface area contributed by atoms with Gasteiger partial charge < -0.3 is 5.11 Å². The van der Waals surface area contributed by atoms with E-state index >= 15 is 0 Å². The zero-order valence-corrected chi connectivity index (χ0v) is 6.17. The first-order valence-electron chi connectivity index (χ1n) is 2.94. The molecule has 0 rings (SSSR count). The molecule has 80 valence electrons. The lowest BCUT2D eigenvalue weighted by molar-refractivity contribution is -0.382. The molecule has 1 atom stereocenters. The maximum absolute atomic E-state index is 12.1. The van der Waals surface area contributed by atoms with Gasteiger partial charge in [0.2, 0.25) is 0 Å². The van der Waals surface area contributed by atoms with E-state index in [1.165, 1.54) is 0 Å². The number of hydrogen-bond donors (Lipinski definition) is 1. The molecule has 0 aromatic carbocycles. The molecule has 0 unspecified atom stereocenters. The summed E-state index contributed by atoms with van der Waals surface area (Å²) in [5, 5.41) is 8.14. The minimum Gasteiger partial charge on any atom is -0.371 e. The van der Waals surface area contributed by atoms with Gasteiger partial charge in [-0.25, -0.2) is 4.39 Å². The number of hydrogen-bond acceptors (Lipinski definition) is 1. The zero-order chi connectivity index (χ0) is 11.1. The third-order valence-corrected chi connectivity index (χ3v) is 1.44. The van der Waals surface area contributed by atoms with Gasteiger partial charge in [-0.1, -0.05) is 0 Å². The van der Waals surface area contributed by atoms with Crippen molar-refractivity contribution in [3.05, 3.63) is 0 Å². The van der Waals surface area contributed by atoms with E-state index in [4.69, 9.17) is 5.11 Å². The summed E-state index contributed by atoms with van der Waals surface area (Å²) in [5.74, 6) is 0. The number of aliphatic hydroxyl groups is 1. The van der Waals surface area contributed by atoms with Gasteiger partial charge in [0.15, 0.2) is 0 Å². The van der Waals surface area contributed by atoms with Gasteiger partial charge in [0.1, 0.15) is 6.17 Å². The Bertz CT molecular complexity index is 164. The Morgan fingerprint density at radius 1 is 0.923 bits per heavy atom. The van der Waals surface area contributed by atoms with Crippen molar-refractivity contribution in [2.45, 2.75) is 31.0 Å². The minimum absolute atomic E-state index is 0.0129. The first-order chi connectivity index (χ1) is 5.44. The van der Waals surface area contributed by atoms with Gasteiger partial charge in [-0.2, -0.15) is 26.3 Å². The van der Waals surface area contributed by atoms with Crippen molar-refractivity contribution in [3.8, 4) is 0 Å². The van der Waals surface area contributed by atoms with Crippen molar-refractivity contribution >= 4 is 0 Å². The normalized spacial score (nSPS) is 17.3. The minimum atomic E-state index is -6.08. The Balaban J connectivity index is 5.22. The van der Waals surface area contributed by atoms with Crippen molar-refractivity contribution in [2.75, 3.05) is 0 Å². The summed E-state index contributed by atoms with van der Waals surface area (Å²) in [7, 11) is 0. The second kappa shape index (κ2) is 3.00. The second-order valence-electron chi connectivity index (χ2n) is 2.38. The van der Waals surface area contributed by atoms with Gasteiger partial charge in [-0.15, -0.1) is 0 Å². The smallest absolute Gasteiger partial charge is 0.371 e. The molecule has 0 aliphatic carbocycles. The Hall–Kier alpha value is -0.530. The van der Waals surface area contributed by atoms with E-state index in [-0.39, 0.29) is 6.92 Å². The van der Waals surface area contributed by atoms with E-state index in [9.17, 15) is 30.7 Å². The molecule has 0 fully saturated rings. The lowest BCUT2D eigenvalue weighted by atomic mass is 9.98. The fraction of sp³-hybridized carbons (Fsp3) is 1.00. The maximum Gasteiger partial charge on any atom is 0.429 e. The highest BCUT2D eigenvalue weighted by molar-refractivity contribution is 4.98. The molecule has 1 N–H and O–H groups in total. The van der Waals surface area contributed by atoms with E-state index in [0.717, 1.165) is 0 Å². The van der Waals surface area contributed by atoms with Gasteiger partial charge in [0.05, 0.1) is 0 Å². The molecule has 0 amide bonds. The van der Waals surface area contributed by atoms with Crippen LogP contribution in [0.15, 0.2) is 0 Å². The van der Waals surface area contributed by atoms with E-state index in [1.54, 1.807) is 0 Å². The monoisotopic (exact) mass is 214 g/mol. The van der Waals surface area contributed by atoms with Crippen LogP contribution in [0.4, 0.5) is 30.7 Å². The van der Waals surface area contributed by atoms with Crippen molar-refractivity contribution in [1.82, 2.24) is 0 Å². The zero-order valence-electron chi connectivity index (χ0n) is 6.17. The molecular formula is C5H5F7O. The van der Waals surface area contributed by atoms with Crippen LogP contribution in [0.3, 0.4) is 0 Å². The molecule has 13 heavy (non-hydrogen) atoms. The van der Waals surface area contributed by atoms with Gasteiger partial charge >= 0.3 is 12.4 Å². The van der Waals surface area contributed by atoms with Gasteiger partial charge in [0, 0.05) is 0 Å². The molecule has 0 aliphatic rings. The summed E-state index contributed by atoms with van der Waals surface area (Å²) in [6.07, 6.45) is -15.6. The van der Waals surface area contributed by atoms with Gasteiger partial charge in [-0.3, -0.25) is 0 Å². The SMILES string of the molecule is C[C@H](F)C(O)(C(F)(F)F)C(F)(F)F. The van der Waals surface area contributed by atoms with Gasteiger partial charge in [0.25, 0.3) is 5.60 Å². The predicted molar refractivity (Wildman–Crippen MR) is 27.6 cm³/mol. The molecule has 0 radical (unpaired) electrons. The Kier molecular flexibility index (Phi) is 2.88. The molecule has 0 heterocycles. The summed E-state index contributed by atoms with van der Waals surface area (Å²) in [5.41, 5.74) is -5.29. The van der Waals surface area contributed by atoms with Crippen LogP contribution in [0, 0.1) is 0 Å². The highest BCUT2D eigenvalue weighted by Crippen LogP contribution is 2.45. The standard InChI is InChI=1S/C5H5F7O/c1-2(6)3(13,4(7,8)9)5(10,11)12/h2,13H,1H3/t2-/m0/s1. The molecule has 0 spiro atoms. The first-order valence-corrected chi connectivity index (χ1v) is 2.94. The second-order valence-corrected chi connectivity index (χ2v) is 2.38. The van der Waals surface area contributed by atoms with E-state index < -0.39 is 24.1 Å². The van der Waals surface area contributed by atoms with E-state index in [2.05, 4.69) is 0 Å². The Morgan fingerprint density at radius 2 is 1.15 bits per heavy atom. The van der Waals surface area contributed by atoms with Crippen molar-refractivity contribution < 1.29 is 35.8 Å². The lowest BCUT2D eigenvalue weighted by Gasteiger charge is -2.33. The van der Waals surface area contributed by atoms with Crippen LogP contribution in [0.5, 0.6) is 0 Å². The van der Waals surface area contributed by atoms with Crippen LogP contribution in [0.2, 0.25) is 0 Å². The predicted octanol–water partition coefficient (Wildman–Crippen LogP) is 2.20. The summed E-state index contributed by atoms with van der Waals surface area (Å²) in [6, 6.07) is 0. The summed E-state index contributed by atoms with van der Waals surface area (Å²) in [6.45, 7) is -0.0129. The van der Waals surface area contributed by atoms with Crippen LogP contribution in [-0.2, 0) is 0 Å². The summed E-state index contributed by atoms with van der Waals surface area (Å²) < 4.78 is 81.9. The van der Waals surface area contributed by atoms with Crippen molar-refractivity contribution in [2.24, 2.45) is 0 Å².